The van der Waals surface area contributed by atoms with E-state index in [4.69, 9.17) is 10.8 Å². The quantitative estimate of drug-likeness (QED) is 0.638. The number of nitrogens with two attached hydrogens (primary N) is 1. The Hall–Kier alpha value is -1.79. The maximum absolute atomic E-state index is 12.2. The van der Waals surface area contributed by atoms with Gasteiger partial charge >= 0.3 is 12.0 Å². The lowest BCUT2D eigenvalue weighted by molar-refractivity contribution is -0.141. The Balaban J connectivity index is 2.60. The smallest absolute Gasteiger partial charge is 0.312 e. The molecular formula is C12H21N3O4. The Morgan fingerprint density at radius 3 is 2.63 bits per heavy atom. The van der Waals surface area contributed by atoms with Crippen molar-refractivity contribution in [3.8, 4) is 0 Å². The van der Waals surface area contributed by atoms with Gasteiger partial charge in [0, 0.05) is 13.1 Å². The number of urea groups is 1. The second kappa shape index (κ2) is 6.96. The molecule has 0 aromatic rings. The van der Waals surface area contributed by atoms with Crippen LogP contribution >= 0.6 is 0 Å². The molecule has 7 heteroatoms. The summed E-state index contributed by atoms with van der Waals surface area (Å²) in [5, 5.41) is 11.3. The van der Waals surface area contributed by atoms with Gasteiger partial charge in [-0.15, -0.1) is 0 Å². The maximum atomic E-state index is 12.2. The van der Waals surface area contributed by atoms with E-state index in [9.17, 15) is 14.4 Å². The summed E-state index contributed by atoms with van der Waals surface area (Å²) in [7, 11) is 0. The zero-order chi connectivity index (χ0) is 14.4. The Morgan fingerprint density at radius 1 is 1.47 bits per heavy atom. The second-order valence-corrected chi connectivity index (χ2v) is 4.81. The summed E-state index contributed by atoms with van der Waals surface area (Å²) >= 11 is 0. The van der Waals surface area contributed by atoms with Crippen LogP contribution in [0.3, 0.4) is 0 Å². The lowest BCUT2D eigenvalue weighted by Gasteiger charge is -2.23. The molecule has 3 amide bonds. The number of hydrogen-bond acceptors (Lipinski definition) is 3. The third-order valence-electron chi connectivity index (χ3n) is 3.31. The molecule has 7 nitrogen and oxygen atoms in total. The minimum atomic E-state index is -0.886. The number of carboxylic acid groups (broad SMARTS) is 1. The average molecular weight is 271 g/mol. The number of nitrogens with one attached hydrogen (secondary N) is 1. The Morgan fingerprint density at radius 2 is 2.16 bits per heavy atom. The van der Waals surface area contributed by atoms with Crippen LogP contribution in [-0.4, -0.2) is 47.0 Å². The molecule has 1 aliphatic heterocycles. The minimum absolute atomic E-state index is 0.206. The Kier molecular flexibility index (Phi) is 5.59. The van der Waals surface area contributed by atoms with Crippen molar-refractivity contribution in [3.05, 3.63) is 0 Å². The van der Waals surface area contributed by atoms with Gasteiger partial charge in [0.15, 0.2) is 0 Å². The second-order valence-electron chi connectivity index (χ2n) is 4.81. The van der Waals surface area contributed by atoms with Gasteiger partial charge in [-0.05, 0) is 12.8 Å². The van der Waals surface area contributed by atoms with Crippen LogP contribution < -0.4 is 11.1 Å². The third-order valence-corrected chi connectivity index (χ3v) is 3.31. The van der Waals surface area contributed by atoms with Crippen LogP contribution in [0.2, 0.25) is 0 Å². The van der Waals surface area contributed by atoms with Crippen molar-refractivity contribution >= 4 is 17.9 Å². The zero-order valence-corrected chi connectivity index (χ0v) is 11.1. The highest BCUT2D eigenvalue weighted by molar-refractivity contribution is 5.87. The first kappa shape index (κ1) is 15.3. The molecule has 0 saturated carbocycles. The van der Waals surface area contributed by atoms with Crippen LogP contribution in [0, 0.1) is 5.92 Å². The van der Waals surface area contributed by atoms with Crippen molar-refractivity contribution in [3.63, 3.8) is 0 Å². The van der Waals surface area contributed by atoms with Crippen molar-refractivity contribution in [1.29, 1.82) is 0 Å². The van der Waals surface area contributed by atoms with E-state index in [1.165, 1.54) is 4.90 Å². The molecule has 108 valence electrons. The van der Waals surface area contributed by atoms with Crippen LogP contribution in [0.25, 0.3) is 0 Å². The number of carbonyl (C=O) groups excluding carboxylic acids is 2. The van der Waals surface area contributed by atoms with E-state index in [1.807, 2.05) is 6.92 Å². The first-order valence-electron chi connectivity index (χ1n) is 6.53. The normalized spacial score (nSPS) is 20.1. The molecule has 4 N–H and O–H groups in total. The molecule has 0 aromatic heterocycles. The molecule has 0 unspecified atom stereocenters. The number of amides is 3. The first-order valence-corrected chi connectivity index (χ1v) is 6.53. The van der Waals surface area contributed by atoms with Crippen LogP contribution in [0.1, 0.15) is 32.6 Å². The summed E-state index contributed by atoms with van der Waals surface area (Å²) in [6, 6.07) is -1.38. The van der Waals surface area contributed by atoms with Crippen molar-refractivity contribution in [2.75, 3.05) is 13.1 Å². The predicted molar refractivity (Wildman–Crippen MR) is 68.4 cm³/mol. The van der Waals surface area contributed by atoms with E-state index in [1.54, 1.807) is 0 Å². The molecule has 0 bridgehead atoms. The number of primary amides is 1. The van der Waals surface area contributed by atoms with Gasteiger partial charge in [0.05, 0.1) is 5.92 Å². The van der Waals surface area contributed by atoms with Crippen molar-refractivity contribution in [2.24, 2.45) is 11.7 Å². The summed E-state index contributed by atoms with van der Waals surface area (Å²) in [5.41, 5.74) is 5.06. The zero-order valence-electron chi connectivity index (χ0n) is 11.1. The van der Waals surface area contributed by atoms with E-state index in [0.717, 1.165) is 12.8 Å². The summed E-state index contributed by atoms with van der Waals surface area (Å²) in [6.45, 7) is 2.61. The molecule has 19 heavy (non-hydrogen) atoms. The SMILES string of the molecule is CCCC[C@H](NC(N)=O)C(=O)N1CC[C@@H](C(=O)O)C1. The van der Waals surface area contributed by atoms with E-state index in [-0.39, 0.29) is 12.5 Å². The van der Waals surface area contributed by atoms with Gasteiger partial charge < -0.3 is 21.1 Å². The van der Waals surface area contributed by atoms with Crippen molar-refractivity contribution < 1.29 is 19.5 Å². The van der Waals surface area contributed by atoms with Gasteiger partial charge in [0.25, 0.3) is 0 Å². The van der Waals surface area contributed by atoms with Gasteiger partial charge in [-0.25, -0.2) is 4.79 Å². The lowest BCUT2D eigenvalue weighted by atomic mass is 10.1. The lowest BCUT2D eigenvalue weighted by Crippen LogP contribution is -2.49. The predicted octanol–water partition coefficient (Wildman–Crippen LogP) is 0.147. The number of nitrogens with zero attached hydrogens (tertiary/aromatic N) is 1. The van der Waals surface area contributed by atoms with Crippen molar-refractivity contribution in [1.82, 2.24) is 10.2 Å². The fourth-order valence-electron chi connectivity index (χ4n) is 2.22. The number of carbonyl (C=O) groups is 3. The molecule has 0 spiro atoms. The number of rotatable bonds is 6. The molecular weight excluding hydrogens is 250 g/mol. The van der Waals surface area contributed by atoms with Crippen molar-refractivity contribution in [2.45, 2.75) is 38.6 Å². The number of hydrogen-bond donors (Lipinski definition) is 3. The van der Waals surface area contributed by atoms with Gasteiger partial charge in [-0.3, -0.25) is 9.59 Å². The average Bonchev–Trinajstić information content (AvgIpc) is 2.82. The van der Waals surface area contributed by atoms with Crippen LogP contribution in [0.15, 0.2) is 0 Å². The number of aliphatic carboxylic acids is 1. The molecule has 1 heterocycles. The molecule has 0 radical (unpaired) electrons. The minimum Gasteiger partial charge on any atom is -0.481 e. The number of likely N-dealkylation sites (tertiary alicyclic amines) is 1. The molecule has 1 fully saturated rings. The topological polar surface area (TPSA) is 113 Å². The highest BCUT2D eigenvalue weighted by Crippen LogP contribution is 2.18. The van der Waals surface area contributed by atoms with Gasteiger partial charge in [-0.1, -0.05) is 19.8 Å². The standard InChI is InChI=1S/C12H21N3O4/c1-2-3-4-9(14-12(13)19)10(16)15-6-5-8(7-15)11(17)18/h8-9H,2-7H2,1H3,(H,17,18)(H3,13,14,19)/t8-,9+/m1/s1. The third kappa shape index (κ3) is 4.42. The fraction of sp³-hybridized carbons (Fsp3) is 0.750. The molecule has 0 aliphatic carbocycles. The molecule has 0 aromatic carbocycles. The Labute approximate surface area is 112 Å². The van der Waals surface area contributed by atoms with Crippen LogP contribution in [-0.2, 0) is 9.59 Å². The fourth-order valence-corrected chi connectivity index (χ4v) is 2.22. The van der Waals surface area contributed by atoms with Gasteiger partial charge in [0.2, 0.25) is 5.91 Å². The van der Waals surface area contributed by atoms with E-state index in [0.29, 0.717) is 19.4 Å². The van der Waals surface area contributed by atoms with Crippen LogP contribution in [0.5, 0.6) is 0 Å². The summed E-state index contributed by atoms with van der Waals surface area (Å²) in [6.07, 6.45) is 2.68. The highest BCUT2D eigenvalue weighted by atomic mass is 16.4. The van der Waals surface area contributed by atoms with Crippen LogP contribution in [0.4, 0.5) is 4.79 Å². The van der Waals surface area contributed by atoms with E-state index >= 15 is 0 Å². The molecule has 2 atom stereocenters. The largest absolute Gasteiger partial charge is 0.481 e. The summed E-state index contributed by atoms with van der Waals surface area (Å²) in [4.78, 5) is 35.5. The Bertz CT molecular complexity index is 359. The molecule has 1 aliphatic rings. The van der Waals surface area contributed by atoms with E-state index in [2.05, 4.69) is 5.32 Å². The van der Waals surface area contributed by atoms with Gasteiger partial charge in [-0.2, -0.15) is 0 Å². The molecule has 1 rings (SSSR count). The summed E-state index contributed by atoms with van der Waals surface area (Å²) < 4.78 is 0. The van der Waals surface area contributed by atoms with E-state index < -0.39 is 24.0 Å². The maximum Gasteiger partial charge on any atom is 0.312 e. The number of carboxylic acids is 1. The number of unbranched alkanes of at least 4 members (excludes halogenated alkanes) is 1. The highest BCUT2D eigenvalue weighted by Gasteiger charge is 2.34. The summed E-state index contributed by atoms with van der Waals surface area (Å²) in [5.74, 6) is -1.64. The first-order chi connectivity index (χ1) is 8.95. The van der Waals surface area contributed by atoms with Gasteiger partial charge in [0.1, 0.15) is 6.04 Å². The monoisotopic (exact) mass is 271 g/mol. The molecule has 1 saturated heterocycles.